The number of rotatable bonds is 1. The Labute approximate surface area is 136 Å². The van der Waals surface area contributed by atoms with Gasteiger partial charge in [-0.25, -0.2) is 9.59 Å². The number of hydrogen-bond donors (Lipinski definition) is 0. The normalized spacial score (nSPS) is 17.8. The van der Waals surface area contributed by atoms with Gasteiger partial charge in [0.1, 0.15) is 12.2 Å². The lowest BCUT2D eigenvalue weighted by atomic mass is 9.99. The van der Waals surface area contributed by atoms with Crippen LogP contribution in [0.1, 0.15) is 31.9 Å². The second kappa shape index (κ2) is 5.76. The van der Waals surface area contributed by atoms with E-state index >= 15 is 0 Å². The first-order valence-corrected chi connectivity index (χ1v) is 7.87. The molecule has 0 radical (unpaired) electrons. The molecule has 6 heteroatoms. The van der Waals surface area contributed by atoms with E-state index in [0.717, 1.165) is 17.7 Å². The monoisotopic (exact) mass is 318 g/mol. The molecule has 0 aliphatic carbocycles. The van der Waals surface area contributed by atoms with E-state index in [9.17, 15) is 9.59 Å². The van der Waals surface area contributed by atoms with Crippen LogP contribution >= 0.6 is 0 Å². The van der Waals surface area contributed by atoms with Crippen LogP contribution in [0.5, 0.6) is 0 Å². The van der Waals surface area contributed by atoms with E-state index in [4.69, 9.17) is 9.47 Å². The van der Waals surface area contributed by atoms with Crippen LogP contribution in [-0.4, -0.2) is 42.4 Å². The van der Waals surface area contributed by atoms with Crippen molar-refractivity contribution in [3.05, 3.63) is 29.3 Å². The summed E-state index contributed by atoms with van der Waals surface area (Å²) in [5.41, 5.74) is 2.63. The summed E-state index contributed by atoms with van der Waals surface area (Å²) < 4.78 is 10.4. The lowest BCUT2D eigenvalue weighted by molar-refractivity contribution is 0.0224. The molecular weight excluding hydrogens is 296 g/mol. The van der Waals surface area contributed by atoms with Crippen molar-refractivity contribution in [3.63, 3.8) is 0 Å². The van der Waals surface area contributed by atoms with Crippen LogP contribution in [0.2, 0.25) is 0 Å². The maximum Gasteiger partial charge on any atom is 0.414 e. The highest BCUT2D eigenvalue weighted by atomic mass is 16.6. The highest BCUT2D eigenvalue weighted by molar-refractivity contribution is 5.89. The highest BCUT2D eigenvalue weighted by Gasteiger charge is 2.28. The largest absolute Gasteiger partial charge is 0.447 e. The van der Waals surface area contributed by atoms with Gasteiger partial charge >= 0.3 is 12.2 Å². The second-order valence-corrected chi connectivity index (χ2v) is 6.87. The maximum absolute atomic E-state index is 12.2. The van der Waals surface area contributed by atoms with Crippen molar-refractivity contribution in [1.82, 2.24) is 4.90 Å². The molecule has 2 aliphatic rings. The van der Waals surface area contributed by atoms with Crippen molar-refractivity contribution in [2.45, 2.75) is 39.3 Å². The van der Waals surface area contributed by atoms with E-state index < -0.39 is 5.60 Å². The fourth-order valence-electron chi connectivity index (χ4n) is 2.82. The summed E-state index contributed by atoms with van der Waals surface area (Å²) in [6, 6.07) is 5.91. The predicted molar refractivity (Wildman–Crippen MR) is 85.5 cm³/mol. The Balaban J connectivity index is 1.73. The zero-order valence-electron chi connectivity index (χ0n) is 13.8. The van der Waals surface area contributed by atoms with Crippen LogP contribution in [-0.2, 0) is 22.4 Å². The third-order valence-corrected chi connectivity index (χ3v) is 3.93. The predicted octanol–water partition coefficient (Wildman–Crippen LogP) is 2.94. The minimum atomic E-state index is -0.489. The number of nitrogens with zero attached hydrogens (tertiary/aromatic N) is 2. The molecule has 0 spiro atoms. The average Bonchev–Trinajstić information content (AvgIpc) is 2.90. The van der Waals surface area contributed by atoms with E-state index in [1.54, 1.807) is 9.80 Å². The average molecular weight is 318 g/mol. The van der Waals surface area contributed by atoms with Gasteiger partial charge in [0.15, 0.2) is 0 Å². The van der Waals surface area contributed by atoms with Gasteiger partial charge in [-0.3, -0.25) is 4.90 Å². The van der Waals surface area contributed by atoms with Gasteiger partial charge in [0, 0.05) is 18.8 Å². The third-order valence-electron chi connectivity index (χ3n) is 3.93. The Bertz CT molecular complexity index is 636. The van der Waals surface area contributed by atoms with Crippen molar-refractivity contribution in [3.8, 4) is 0 Å². The van der Waals surface area contributed by atoms with Gasteiger partial charge in [0.05, 0.1) is 6.54 Å². The molecule has 23 heavy (non-hydrogen) atoms. The standard InChI is InChI=1S/C17H22N2O4/c1-17(2,3)23-15(20)18-7-6-12-10-14(5-4-13(12)11-18)19-8-9-22-16(19)21/h4-5,10H,6-9,11H2,1-3H3. The van der Waals surface area contributed by atoms with Crippen LogP contribution in [0.3, 0.4) is 0 Å². The molecule has 124 valence electrons. The molecular formula is C17H22N2O4. The zero-order chi connectivity index (χ0) is 16.6. The van der Waals surface area contributed by atoms with Gasteiger partial charge in [0.2, 0.25) is 0 Å². The van der Waals surface area contributed by atoms with E-state index in [0.29, 0.717) is 26.2 Å². The van der Waals surface area contributed by atoms with Crippen LogP contribution in [0, 0.1) is 0 Å². The van der Waals surface area contributed by atoms with Crippen molar-refractivity contribution in [2.24, 2.45) is 0 Å². The zero-order valence-corrected chi connectivity index (χ0v) is 13.8. The molecule has 3 rings (SSSR count). The van der Waals surface area contributed by atoms with E-state index in [2.05, 4.69) is 0 Å². The number of carbonyl (C=O) groups is 2. The molecule has 0 N–H and O–H groups in total. The number of fused-ring (bicyclic) bond motifs is 1. The number of hydrogen-bond acceptors (Lipinski definition) is 4. The van der Waals surface area contributed by atoms with Crippen LogP contribution in [0.25, 0.3) is 0 Å². The lowest BCUT2D eigenvalue weighted by Crippen LogP contribution is -2.40. The van der Waals surface area contributed by atoms with E-state index in [-0.39, 0.29) is 12.2 Å². The molecule has 2 heterocycles. The third kappa shape index (κ3) is 3.41. The molecule has 1 fully saturated rings. The molecule has 1 aromatic carbocycles. The highest BCUT2D eigenvalue weighted by Crippen LogP contribution is 2.27. The summed E-state index contributed by atoms with van der Waals surface area (Å²) in [5, 5.41) is 0. The van der Waals surface area contributed by atoms with Gasteiger partial charge in [-0.15, -0.1) is 0 Å². The first-order valence-electron chi connectivity index (χ1n) is 7.87. The van der Waals surface area contributed by atoms with Crippen molar-refractivity contribution in [2.75, 3.05) is 24.6 Å². The van der Waals surface area contributed by atoms with Gasteiger partial charge in [0.25, 0.3) is 0 Å². The van der Waals surface area contributed by atoms with Crippen LogP contribution < -0.4 is 4.90 Å². The van der Waals surface area contributed by atoms with E-state index in [1.807, 2.05) is 39.0 Å². The summed E-state index contributed by atoms with van der Waals surface area (Å²) in [5.74, 6) is 0. The number of anilines is 1. The lowest BCUT2D eigenvalue weighted by Gasteiger charge is -2.31. The van der Waals surface area contributed by atoms with Crippen LogP contribution in [0.15, 0.2) is 18.2 Å². The van der Waals surface area contributed by atoms with Crippen molar-refractivity contribution >= 4 is 17.9 Å². The van der Waals surface area contributed by atoms with Crippen molar-refractivity contribution < 1.29 is 19.1 Å². The molecule has 0 aromatic heterocycles. The van der Waals surface area contributed by atoms with Gasteiger partial charge in [-0.1, -0.05) is 6.07 Å². The Morgan fingerprint density at radius 1 is 1.22 bits per heavy atom. The SMILES string of the molecule is CC(C)(C)OC(=O)N1CCc2cc(N3CCOC3=O)ccc2C1. The first-order chi connectivity index (χ1) is 10.8. The minimum Gasteiger partial charge on any atom is -0.447 e. The molecule has 6 nitrogen and oxygen atoms in total. The molecule has 0 atom stereocenters. The number of carbonyl (C=O) groups excluding carboxylic acids is 2. The molecule has 1 aromatic rings. The number of ether oxygens (including phenoxy) is 2. The molecule has 0 unspecified atom stereocenters. The molecule has 0 bridgehead atoms. The Hall–Kier alpha value is -2.24. The van der Waals surface area contributed by atoms with E-state index in [1.165, 1.54) is 5.56 Å². The summed E-state index contributed by atoms with van der Waals surface area (Å²) >= 11 is 0. The Morgan fingerprint density at radius 3 is 2.65 bits per heavy atom. The van der Waals surface area contributed by atoms with Crippen LogP contribution in [0.4, 0.5) is 15.3 Å². The molecule has 2 amide bonds. The number of benzene rings is 1. The summed E-state index contributed by atoms with van der Waals surface area (Å²) in [4.78, 5) is 27.2. The van der Waals surface area contributed by atoms with Gasteiger partial charge in [-0.05, 0) is 50.5 Å². The summed E-state index contributed by atoms with van der Waals surface area (Å²) in [6.45, 7) is 7.77. The summed E-state index contributed by atoms with van der Waals surface area (Å²) in [6.07, 6.45) is 0.178. The fourth-order valence-corrected chi connectivity index (χ4v) is 2.82. The topological polar surface area (TPSA) is 59.1 Å². The van der Waals surface area contributed by atoms with Crippen molar-refractivity contribution in [1.29, 1.82) is 0 Å². The number of cyclic esters (lactones) is 1. The summed E-state index contributed by atoms with van der Waals surface area (Å²) in [7, 11) is 0. The van der Waals surface area contributed by atoms with Gasteiger partial charge in [-0.2, -0.15) is 0 Å². The Morgan fingerprint density at radius 2 is 2.00 bits per heavy atom. The second-order valence-electron chi connectivity index (χ2n) is 6.87. The fraction of sp³-hybridized carbons (Fsp3) is 0.529. The Kier molecular flexibility index (Phi) is 3.92. The molecule has 1 saturated heterocycles. The molecule has 0 saturated carbocycles. The maximum atomic E-state index is 12.2. The minimum absolute atomic E-state index is 0.282. The molecule has 2 aliphatic heterocycles. The number of amides is 2. The van der Waals surface area contributed by atoms with Gasteiger partial charge < -0.3 is 14.4 Å². The first kappa shape index (κ1) is 15.6. The smallest absolute Gasteiger partial charge is 0.414 e. The quantitative estimate of drug-likeness (QED) is 0.799.